The molecule has 23 heavy (non-hydrogen) atoms. The number of hydrogen-bond acceptors (Lipinski definition) is 2. The Balaban J connectivity index is 1.85. The third-order valence-corrected chi connectivity index (χ3v) is 4.61. The Hall–Kier alpha value is -1.55. The molecule has 2 amide bonds. The fourth-order valence-electron chi connectivity index (χ4n) is 2.78. The highest BCUT2D eigenvalue weighted by molar-refractivity contribution is 6.30. The van der Waals surface area contributed by atoms with E-state index in [1.54, 1.807) is 13.8 Å². The van der Waals surface area contributed by atoms with E-state index < -0.39 is 5.41 Å². The van der Waals surface area contributed by atoms with Gasteiger partial charge in [0, 0.05) is 24.7 Å². The van der Waals surface area contributed by atoms with E-state index in [0.29, 0.717) is 11.6 Å². The fraction of sp³-hybridized carbons (Fsp3) is 0.556. The van der Waals surface area contributed by atoms with Crippen LogP contribution < -0.4 is 5.32 Å². The van der Waals surface area contributed by atoms with Crippen LogP contribution in [0.15, 0.2) is 24.3 Å². The van der Waals surface area contributed by atoms with Crippen molar-refractivity contribution in [2.45, 2.75) is 39.5 Å². The normalized spacial score (nSPS) is 15.3. The van der Waals surface area contributed by atoms with Gasteiger partial charge in [-0.3, -0.25) is 9.59 Å². The summed E-state index contributed by atoms with van der Waals surface area (Å²) in [6.45, 7) is 5.46. The maximum atomic E-state index is 12.6. The largest absolute Gasteiger partial charge is 0.355 e. The molecule has 1 aliphatic heterocycles. The lowest BCUT2D eigenvalue weighted by Crippen LogP contribution is -2.51. The molecule has 1 saturated heterocycles. The average molecular weight is 337 g/mol. The Morgan fingerprint density at radius 3 is 2.35 bits per heavy atom. The Morgan fingerprint density at radius 2 is 1.74 bits per heavy atom. The molecule has 1 fully saturated rings. The van der Waals surface area contributed by atoms with Crippen molar-refractivity contribution in [1.82, 2.24) is 10.2 Å². The Labute approximate surface area is 143 Å². The predicted molar refractivity (Wildman–Crippen MR) is 92.4 cm³/mol. The first-order valence-electron chi connectivity index (χ1n) is 8.23. The summed E-state index contributed by atoms with van der Waals surface area (Å²) in [5.41, 5.74) is 0.0898. The molecule has 5 heteroatoms. The number of likely N-dealkylation sites (tertiary alicyclic amines) is 1. The number of carbonyl (C=O) groups excluding carboxylic acids is 2. The molecule has 2 rings (SSSR count). The highest BCUT2D eigenvalue weighted by Crippen LogP contribution is 2.22. The number of benzene rings is 1. The number of halogens is 1. The van der Waals surface area contributed by atoms with Crippen LogP contribution in [0.2, 0.25) is 5.02 Å². The average Bonchev–Trinajstić information content (AvgIpc) is 2.56. The lowest BCUT2D eigenvalue weighted by atomic mass is 9.89. The van der Waals surface area contributed by atoms with Gasteiger partial charge in [-0.05, 0) is 57.2 Å². The maximum Gasteiger partial charge on any atom is 0.237 e. The SMILES string of the molecule is CC(C)(C(=O)NCCc1ccc(Cl)cc1)C(=O)N1CCCCC1. The summed E-state index contributed by atoms with van der Waals surface area (Å²) in [5, 5.41) is 3.59. The third-order valence-electron chi connectivity index (χ3n) is 4.36. The molecular weight excluding hydrogens is 312 g/mol. The van der Waals surface area contributed by atoms with Crippen molar-refractivity contribution in [1.29, 1.82) is 0 Å². The first kappa shape index (κ1) is 17.8. The minimum atomic E-state index is -1.02. The summed E-state index contributed by atoms with van der Waals surface area (Å²) in [6, 6.07) is 7.56. The van der Waals surface area contributed by atoms with Crippen LogP contribution in [0.4, 0.5) is 0 Å². The third kappa shape index (κ3) is 4.71. The van der Waals surface area contributed by atoms with Gasteiger partial charge in [0.05, 0.1) is 0 Å². The van der Waals surface area contributed by atoms with Crippen molar-refractivity contribution in [3.63, 3.8) is 0 Å². The van der Waals surface area contributed by atoms with Gasteiger partial charge in [0.15, 0.2) is 0 Å². The van der Waals surface area contributed by atoms with Crippen LogP contribution in [-0.4, -0.2) is 36.3 Å². The van der Waals surface area contributed by atoms with Gasteiger partial charge in [-0.1, -0.05) is 23.7 Å². The second kappa shape index (κ2) is 7.82. The number of carbonyl (C=O) groups is 2. The van der Waals surface area contributed by atoms with Crippen molar-refractivity contribution in [2.75, 3.05) is 19.6 Å². The van der Waals surface area contributed by atoms with Crippen molar-refractivity contribution in [3.8, 4) is 0 Å². The zero-order chi connectivity index (χ0) is 16.9. The molecule has 1 heterocycles. The van der Waals surface area contributed by atoms with Gasteiger partial charge in [-0.2, -0.15) is 0 Å². The van der Waals surface area contributed by atoms with Crippen LogP contribution in [0, 0.1) is 5.41 Å². The molecular formula is C18H25ClN2O2. The topological polar surface area (TPSA) is 49.4 Å². The summed E-state index contributed by atoms with van der Waals surface area (Å²) in [5.74, 6) is -0.275. The van der Waals surface area contributed by atoms with Crippen LogP contribution in [0.25, 0.3) is 0 Å². The molecule has 0 spiro atoms. The van der Waals surface area contributed by atoms with E-state index in [2.05, 4.69) is 5.32 Å². The molecule has 0 unspecified atom stereocenters. The van der Waals surface area contributed by atoms with Gasteiger partial charge in [-0.25, -0.2) is 0 Å². The molecule has 126 valence electrons. The second-order valence-corrected chi connectivity index (χ2v) is 7.05. The molecule has 1 aromatic rings. The molecule has 0 atom stereocenters. The Bertz CT molecular complexity index is 549. The van der Waals surface area contributed by atoms with E-state index in [-0.39, 0.29) is 11.8 Å². The van der Waals surface area contributed by atoms with Crippen molar-refractivity contribution in [3.05, 3.63) is 34.9 Å². The summed E-state index contributed by atoms with van der Waals surface area (Å²) in [7, 11) is 0. The lowest BCUT2D eigenvalue weighted by Gasteiger charge is -2.33. The zero-order valence-electron chi connectivity index (χ0n) is 13.9. The van der Waals surface area contributed by atoms with E-state index in [9.17, 15) is 9.59 Å². The molecule has 1 aromatic carbocycles. The number of amides is 2. The summed E-state index contributed by atoms with van der Waals surface area (Å²) in [4.78, 5) is 26.8. The second-order valence-electron chi connectivity index (χ2n) is 6.61. The lowest BCUT2D eigenvalue weighted by molar-refractivity contribution is -0.149. The molecule has 0 aromatic heterocycles. The summed E-state index contributed by atoms with van der Waals surface area (Å²) < 4.78 is 0. The van der Waals surface area contributed by atoms with Crippen molar-refractivity contribution in [2.24, 2.45) is 5.41 Å². The van der Waals surface area contributed by atoms with Crippen LogP contribution in [0.1, 0.15) is 38.7 Å². The molecule has 1 N–H and O–H groups in total. The van der Waals surface area contributed by atoms with Crippen LogP contribution in [0.3, 0.4) is 0 Å². The molecule has 1 aliphatic rings. The maximum absolute atomic E-state index is 12.6. The zero-order valence-corrected chi connectivity index (χ0v) is 14.7. The molecule has 0 saturated carbocycles. The minimum absolute atomic E-state index is 0.0683. The highest BCUT2D eigenvalue weighted by Gasteiger charge is 2.39. The Morgan fingerprint density at radius 1 is 1.13 bits per heavy atom. The van der Waals surface area contributed by atoms with Crippen LogP contribution in [-0.2, 0) is 16.0 Å². The quantitative estimate of drug-likeness (QED) is 0.840. The number of nitrogens with one attached hydrogen (secondary N) is 1. The van der Waals surface area contributed by atoms with E-state index in [1.807, 2.05) is 29.2 Å². The smallest absolute Gasteiger partial charge is 0.237 e. The van der Waals surface area contributed by atoms with Gasteiger partial charge in [0.2, 0.25) is 11.8 Å². The van der Waals surface area contributed by atoms with Gasteiger partial charge >= 0.3 is 0 Å². The summed E-state index contributed by atoms with van der Waals surface area (Å²) >= 11 is 5.85. The van der Waals surface area contributed by atoms with E-state index in [1.165, 1.54) is 0 Å². The molecule has 0 radical (unpaired) electrons. The molecule has 0 aliphatic carbocycles. The van der Waals surface area contributed by atoms with Crippen LogP contribution >= 0.6 is 11.6 Å². The first-order chi connectivity index (χ1) is 10.9. The summed E-state index contributed by atoms with van der Waals surface area (Å²) in [6.07, 6.45) is 3.94. The first-order valence-corrected chi connectivity index (χ1v) is 8.61. The number of nitrogens with zero attached hydrogens (tertiary/aromatic N) is 1. The van der Waals surface area contributed by atoms with Gasteiger partial charge in [0.1, 0.15) is 5.41 Å². The number of rotatable bonds is 5. The molecule has 0 bridgehead atoms. The van der Waals surface area contributed by atoms with E-state index >= 15 is 0 Å². The minimum Gasteiger partial charge on any atom is -0.355 e. The van der Waals surface area contributed by atoms with Gasteiger partial charge in [0.25, 0.3) is 0 Å². The van der Waals surface area contributed by atoms with E-state index in [4.69, 9.17) is 11.6 Å². The fourth-order valence-corrected chi connectivity index (χ4v) is 2.91. The number of piperidine rings is 1. The van der Waals surface area contributed by atoms with Gasteiger partial charge in [-0.15, -0.1) is 0 Å². The van der Waals surface area contributed by atoms with Crippen LogP contribution in [0.5, 0.6) is 0 Å². The predicted octanol–water partition coefficient (Wildman–Crippen LogP) is 3.04. The van der Waals surface area contributed by atoms with Crippen molar-refractivity contribution < 1.29 is 9.59 Å². The standard InChI is InChI=1S/C18H25ClN2O2/c1-18(2,17(23)21-12-4-3-5-13-21)16(22)20-11-10-14-6-8-15(19)9-7-14/h6-9H,3-5,10-13H2,1-2H3,(H,20,22). The number of hydrogen-bond donors (Lipinski definition) is 1. The Kier molecular flexibility index (Phi) is 6.05. The van der Waals surface area contributed by atoms with Crippen molar-refractivity contribution >= 4 is 23.4 Å². The van der Waals surface area contributed by atoms with Gasteiger partial charge < -0.3 is 10.2 Å². The highest BCUT2D eigenvalue weighted by atomic mass is 35.5. The molecule has 4 nitrogen and oxygen atoms in total. The monoisotopic (exact) mass is 336 g/mol. The van der Waals surface area contributed by atoms with E-state index in [0.717, 1.165) is 44.3 Å².